The Labute approximate surface area is 195 Å². The molecular formula is C24H26Cl2Zr. The minimum atomic E-state index is 0. The molecule has 4 aromatic rings. The molecule has 0 unspecified atom stereocenters. The average Bonchev–Trinajstić information content (AvgIpc) is 3.27. The fraction of sp³-hybridized carbons (Fsp3) is 0.167. The van der Waals surface area contributed by atoms with E-state index in [1.165, 1.54) is 43.8 Å². The predicted molar refractivity (Wildman–Crippen MR) is 109 cm³/mol. The largest absolute Gasteiger partial charge is 4.00 e. The number of fused-ring (bicyclic) bond motifs is 2. The summed E-state index contributed by atoms with van der Waals surface area (Å²) in [5, 5.41) is 5.57. The zero-order valence-electron chi connectivity index (χ0n) is 16.4. The second-order valence-electron chi connectivity index (χ2n) is 6.10. The minimum Gasteiger partial charge on any atom is -1.00 e. The standard InChI is InChI=1S/2C11H11.C2H4.2ClH.Zr/c2*1-8-6-7-9(2)11-5-3-4-10(8)11;1-2;;;/h2*3-7H,1-2H3;1-2H2;2*1H;/q2*-1;;;;+4/p-2. The van der Waals surface area contributed by atoms with E-state index in [1.807, 2.05) is 0 Å². The molecule has 0 atom stereocenters. The van der Waals surface area contributed by atoms with Gasteiger partial charge in [-0.3, -0.25) is 0 Å². The van der Waals surface area contributed by atoms with Crippen molar-refractivity contribution < 1.29 is 51.0 Å². The van der Waals surface area contributed by atoms with Gasteiger partial charge in [-0.05, 0) is 13.8 Å². The molecule has 4 aromatic carbocycles. The van der Waals surface area contributed by atoms with Gasteiger partial charge in [-0.15, -0.1) is 70.1 Å². The molecule has 0 radical (unpaired) electrons. The van der Waals surface area contributed by atoms with E-state index in [0.717, 1.165) is 0 Å². The maximum atomic E-state index is 3.00. The van der Waals surface area contributed by atoms with Crippen LogP contribution < -0.4 is 24.8 Å². The van der Waals surface area contributed by atoms with Crippen molar-refractivity contribution in [3.8, 4) is 0 Å². The Kier molecular flexibility index (Phi) is 13.6. The normalized spacial score (nSPS) is 8.89. The molecule has 0 aliphatic rings. The van der Waals surface area contributed by atoms with E-state index >= 15 is 0 Å². The summed E-state index contributed by atoms with van der Waals surface area (Å²) < 4.78 is 0. The van der Waals surface area contributed by atoms with Gasteiger partial charge in [0.05, 0.1) is 0 Å². The van der Waals surface area contributed by atoms with Crippen LogP contribution in [-0.2, 0) is 26.2 Å². The van der Waals surface area contributed by atoms with Gasteiger partial charge in [0.15, 0.2) is 0 Å². The van der Waals surface area contributed by atoms with Crippen molar-refractivity contribution in [2.75, 3.05) is 0 Å². The summed E-state index contributed by atoms with van der Waals surface area (Å²) in [6, 6.07) is 21.7. The zero-order valence-corrected chi connectivity index (χ0v) is 20.4. The van der Waals surface area contributed by atoms with E-state index in [4.69, 9.17) is 0 Å². The van der Waals surface area contributed by atoms with Crippen molar-refractivity contribution >= 4 is 21.5 Å². The molecule has 0 N–H and O–H groups in total. The van der Waals surface area contributed by atoms with Gasteiger partial charge >= 0.3 is 26.2 Å². The molecule has 0 saturated carbocycles. The van der Waals surface area contributed by atoms with Crippen molar-refractivity contribution in [1.29, 1.82) is 0 Å². The van der Waals surface area contributed by atoms with Gasteiger partial charge in [0, 0.05) is 0 Å². The van der Waals surface area contributed by atoms with Gasteiger partial charge in [0.1, 0.15) is 0 Å². The topological polar surface area (TPSA) is 0 Å². The Morgan fingerprint density at radius 2 is 0.852 bits per heavy atom. The van der Waals surface area contributed by atoms with E-state index in [2.05, 4.69) is 102 Å². The van der Waals surface area contributed by atoms with Crippen molar-refractivity contribution in [3.05, 3.63) is 96.1 Å². The number of halogens is 2. The summed E-state index contributed by atoms with van der Waals surface area (Å²) in [5.41, 5.74) is 5.48. The summed E-state index contributed by atoms with van der Waals surface area (Å²) in [7, 11) is 0. The summed E-state index contributed by atoms with van der Waals surface area (Å²) in [4.78, 5) is 0. The second kappa shape index (κ2) is 13.1. The molecule has 0 saturated heterocycles. The molecule has 0 aromatic heterocycles. The predicted octanol–water partition coefficient (Wildman–Crippen LogP) is 1.16. The zero-order chi connectivity index (χ0) is 17.7. The Balaban J connectivity index is 0. The Bertz CT molecular complexity index is 797. The van der Waals surface area contributed by atoms with Crippen LogP contribution in [0.3, 0.4) is 0 Å². The third kappa shape index (κ3) is 6.46. The molecule has 0 aliphatic heterocycles. The summed E-state index contributed by atoms with van der Waals surface area (Å²) in [5.74, 6) is 0. The molecule has 27 heavy (non-hydrogen) atoms. The summed E-state index contributed by atoms with van der Waals surface area (Å²) >= 11 is 0. The Hall–Kier alpha value is -1.14. The van der Waals surface area contributed by atoms with Crippen LogP contribution in [0.15, 0.2) is 73.8 Å². The molecular weight excluding hydrogens is 450 g/mol. The van der Waals surface area contributed by atoms with Gasteiger partial charge in [-0.1, -0.05) is 37.1 Å². The Morgan fingerprint density at radius 1 is 0.556 bits per heavy atom. The van der Waals surface area contributed by atoms with Crippen LogP contribution in [0.4, 0.5) is 0 Å². The molecule has 0 aliphatic carbocycles. The first kappa shape index (κ1) is 28.1. The first-order valence-electron chi connectivity index (χ1n) is 8.31. The molecule has 140 valence electrons. The van der Waals surface area contributed by atoms with Gasteiger partial charge < -0.3 is 24.8 Å². The number of aryl methyl sites for hydroxylation is 4. The van der Waals surface area contributed by atoms with Crippen molar-refractivity contribution in [2.24, 2.45) is 0 Å². The van der Waals surface area contributed by atoms with Crippen LogP contribution in [0.1, 0.15) is 22.3 Å². The fourth-order valence-corrected chi connectivity index (χ4v) is 3.07. The maximum absolute atomic E-state index is 3.00. The van der Waals surface area contributed by atoms with Gasteiger partial charge in [0.25, 0.3) is 0 Å². The van der Waals surface area contributed by atoms with Crippen LogP contribution in [0.2, 0.25) is 0 Å². The SMILES string of the molecule is C=C.Cc1ccc(C)c2[cH-]ccc12.Cc1ccc(C)c2[cH-]ccc12.[Cl-].[Cl-].[Zr+4]. The fourth-order valence-electron chi connectivity index (χ4n) is 3.07. The smallest absolute Gasteiger partial charge is 1.00 e. The van der Waals surface area contributed by atoms with Crippen LogP contribution in [-0.4, -0.2) is 0 Å². The first-order chi connectivity index (χ1) is 11.6. The summed E-state index contributed by atoms with van der Waals surface area (Å²) in [6.07, 6.45) is 0. The monoisotopic (exact) mass is 474 g/mol. The molecule has 0 heterocycles. The molecule has 3 heteroatoms. The number of benzene rings is 2. The summed E-state index contributed by atoms with van der Waals surface area (Å²) in [6.45, 7) is 14.6. The number of rotatable bonds is 0. The third-order valence-electron chi connectivity index (χ3n) is 4.50. The van der Waals surface area contributed by atoms with E-state index < -0.39 is 0 Å². The van der Waals surface area contributed by atoms with Crippen molar-refractivity contribution in [3.63, 3.8) is 0 Å². The molecule has 0 amide bonds. The van der Waals surface area contributed by atoms with Crippen molar-refractivity contribution in [2.45, 2.75) is 27.7 Å². The Morgan fingerprint density at radius 3 is 1.15 bits per heavy atom. The van der Waals surface area contributed by atoms with E-state index in [-0.39, 0.29) is 51.0 Å². The van der Waals surface area contributed by atoms with Crippen LogP contribution in [0.25, 0.3) is 21.5 Å². The molecule has 0 spiro atoms. The van der Waals surface area contributed by atoms with E-state index in [9.17, 15) is 0 Å². The average molecular weight is 477 g/mol. The molecule has 0 bridgehead atoms. The third-order valence-corrected chi connectivity index (χ3v) is 4.50. The van der Waals surface area contributed by atoms with Gasteiger partial charge in [-0.25, -0.2) is 0 Å². The van der Waals surface area contributed by atoms with E-state index in [1.54, 1.807) is 0 Å². The molecule has 4 rings (SSSR count). The van der Waals surface area contributed by atoms with E-state index in [0.29, 0.717) is 0 Å². The van der Waals surface area contributed by atoms with Gasteiger partial charge in [0.2, 0.25) is 0 Å². The van der Waals surface area contributed by atoms with Gasteiger partial charge in [-0.2, -0.15) is 24.3 Å². The van der Waals surface area contributed by atoms with Crippen LogP contribution in [0, 0.1) is 27.7 Å². The van der Waals surface area contributed by atoms with Crippen LogP contribution in [0.5, 0.6) is 0 Å². The van der Waals surface area contributed by atoms with Crippen molar-refractivity contribution in [1.82, 2.24) is 0 Å². The quantitative estimate of drug-likeness (QED) is 0.264. The molecule has 0 fully saturated rings. The maximum Gasteiger partial charge on any atom is 4.00 e. The minimum absolute atomic E-state index is 0. The number of hydrogen-bond donors (Lipinski definition) is 0. The number of hydrogen-bond acceptors (Lipinski definition) is 0. The molecule has 0 nitrogen and oxygen atoms in total. The second-order valence-corrected chi connectivity index (χ2v) is 6.10. The van der Waals surface area contributed by atoms with Crippen LogP contribution >= 0.6 is 0 Å². The first-order valence-corrected chi connectivity index (χ1v) is 8.31.